The standard InChI is InChI=1S/C19H32N2O/c1-6-21(5)18(17-13-8-7-9-14-17)19(22)20-16(4)12-10-11-15(2)3/h7-9,13-16,18H,6,10-12H2,1-5H3,(H,20,22). The topological polar surface area (TPSA) is 32.3 Å². The monoisotopic (exact) mass is 304 g/mol. The van der Waals surface area contributed by atoms with Gasteiger partial charge >= 0.3 is 0 Å². The first-order chi connectivity index (χ1) is 10.5. The summed E-state index contributed by atoms with van der Waals surface area (Å²) in [4.78, 5) is 14.8. The highest BCUT2D eigenvalue weighted by Crippen LogP contribution is 2.20. The summed E-state index contributed by atoms with van der Waals surface area (Å²) < 4.78 is 0. The molecule has 0 fully saturated rings. The van der Waals surface area contributed by atoms with Gasteiger partial charge in [0.1, 0.15) is 6.04 Å². The van der Waals surface area contributed by atoms with Gasteiger partial charge in [0.15, 0.2) is 0 Å². The maximum absolute atomic E-state index is 12.7. The largest absolute Gasteiger partial charge is 0.352 e. The Morgan fingerprint density at radius 2 is 1.77 bits per heavy atom. The number of nitrogens with one attached hydrogen (secondary N) is 1. The first-order valence-corrected chi connectivity index (χ1v) is 8.51. The highest BCUT2D eigenvalue weighted by atomic mass is 16.2. The van der Waals surface area contributed by atoms with E-state index in [1.54, 1.807) is 0 Å². The Morgan fingerprint density at radius 3 is 2.32 bits per heavy atom. The van der Waals surface area contributed by atoms with Crippen LogP contribution in [0.3, 0.4) is 0 Å². The van der Waals surface area contributed by atoms with E-state index in [9.17, 15) is 4.79 Å². The third kappa shape index (κ3) is 6.18. The molecule has 2 unspecified atom stereocenters. The first kappa shape index (κ1) is 18.7. The number of benzene rings is 1. The van der Waals surface area contributed by atoms with Crippen molar-refractivity contribution in [3.05, 3.63) is 35.9 Å². The molecule has 22 heavy (non-hydrogen) atoms. The van der Waals surface area contributed by atoms with E-state index in [1.807, 2.05) is 37.4 Å². The van der Waals surface area contributed by atoms with Crippen LogP contribution >= 0.6 is 0 Å². The number of likely N-dealkylation sites (N-methyl/N-ethyl adjacent to an activating group) is 1. The zero-order valence-electron chi connectivity index (χ0n) is 14.8. The summed E-state index contributed by atoms with van der Waals surface area (Å²) in [6.45, 7) is 9.51. The third-order valence-electron chi connectivity index (χ3n) is 4.11. The van der Waals surface area contributed by atoms with Gasteiger partial charge in [0.2, 0.25) is 5.91 Å². The van der Waals surface area contributed by atoms with Crippen LogP contribution in [0.15, 0.2) is 30.3 Å². The molecule has 1 amide bonds. The third-order valence-corrected chi connectivity index (χ3v) is 4.11. The number of carbonyl (C=O) groups is 1. The second-order valence-corrected chi connectivity index (χ2v) is 6.62. The van der Waals surface area contributed by atoms with Crippen molar-refractivity contribution in [3.8, 4) is 0 Å². The van der Waals surface area contributed by atoms with Crippen molar-refractivity contribution in [2.75, 3.05) is 13.6 Å². The van der Waals surface area contributed by atoms with E-state index in [2.05, 4.69) is 37.9 Å². The molecule has 0 saturated carbocycles. The molecule has 0 heterocycles. The minimum atomic E-state index is -0.209. The summed E-state index contributed by atoms with van der Waals surface area (Å²) in [6, 6.07) is 10.0. The molecule has 3 heteroatoms. The molecule has 0 bridgehead atoms. The molecular formula is C19H32N2O. The molecule has 1 aromatic rings. The Bertz CT molecular complexity index is 430. The second-order valence-electron chi connectivity index (χ2n) is 6.62. The van der Waals surface area contributed by atoms with Crippen molar-refractivity contribution in [3.63, 3.8) is 0 Å². The molecule has 0 spiro atoms. The van der Waals surface area contributed by atoms with E-state index >= 15 is 0 Å². The highest BCUT2D eigenvalue weighted by molar-refractivity contribution is 5.83. The van der Waals surface area contributed by atoms with Gasteiger partial charge in [0.25, 0.3) is 0 Å². The SMILES string of the molecule is CCN(C)C(C(=O)NC(C)CCCC(C)C)c1ccccc1. The van der Waals surface area contributed by atoms with E-state index in [0.29, 0.717) is 0 Å². The lowest BCUT2D eigenvalue weighted by Gasteiger charge is -2.28. The van der Waals surface area contributed by atoms with Crippen molar-refractivity contribution in [2.24, 2.45) is 5.92 Å². The quantitative estimate of drug-likeness (QED) is 0.747. The van der Waals surface area contributed by atoms with Crippen LogP contribution in [0.2, 0.25) is 0 Å². The van der Waals surface area contributed by atoms with E-state index in [0.717, 1.165) is 24.4 Å². The van der Waals surface area contributed by atoms with Crippen molar-refractivity contribution < 1.29 is 4.79 Å². The average Bonchev–Trinajstić information content (AvgIpc) is 2.47. The van der Waals surface area contributed by atoms with Crippen molar-refractivity contribution in [2.45, 2.75) is 59.0 Å². The fraction of sp³-hybridized carbons (Fsp3) is 0.632. The van der Waals surface area contributed by atoms with Gasteiger partial charge < -0.3 is 5.32 Å². The molecule has 1 N–H and O–H groups in total. The Morgan fingerprint density at radius 1 is 1.14 bits per heavy atom. The molecule has 2 atom stereocenters. The summed E-state index contributed by atoms with van der Waals surface area (Å²) in [6.07, 6.45) is 3.43. The zero-order chi connectivity index (χ0) is 16.5. The summed E-state index contributed by atoms with van der Waals surface area (Å²) >= 11 is 0. The average molecular weight is 304 g/mol. The van der Waals surface area contributed by atoms with Gasteiger partial charge in [-0.2, -0.15) is 0 Å². The van der Waals surface area contributed by atoms with E-state index < -0.39 is 0 Å². The van der Waals surface area contributed by atoms with E-state index in [4.69, 9.17) is 0 Å². The van der Waals surface area contributed by atoms with Crippen LogP contribution in [0, 0.1) is 5.92 Å². The second kappa shape index (κ2) is 9.62. The maximum Gasteiger partial charge on any atom is 0.242 e. The fourth-order valence-corrected chi connectivity index (χ4v) is 2.65. The van der Waals surface area contributed by atoms with Crippen molar-refractivity contribution >= 4 is 5.91 Å². The number of hydrogen-bond donors (Lipinski definition) is 1. The molecule has 0 saturated heterocycles. The molecule has 3 nitrogen and oxygen atoms in total. The molecule has 1 rings (SSSR count). The lowest BCUT2D eigenvalue weighted by Crippen LogP contribution is -2.42. The van der Waals surface area contributed by atoms with Gasteiger partial charge in [-0.3, -0.25) is 9.69 Å². The summed E-state index contributed by atoms with van der Waals surface area (Å²) in [5.74, 6) is 0.832. The van der Waals surface area contributed by atoms with Crippen LogP contribution in [0.5, 0.6) is 0 Å². The molecular weight excluding hydrogens is 272 g/mol. The summed E-state index contributed by atoms with van der Waals surface area (Å²) in [5, 5.41) is 3.19. The molecule has 1 aromatic carbocycles. The lowest BCUT2D eigenvalue weighted by atomic mass is 10.0. The number of carbonyl (C=O) groups excluding carboxylic acids is 1. The lowest BCUT2D eigenvalue weighted by molar-refractivity contribution is -0.126. The van der Waals surface area contributed by atoms with Crippen molar-refractivity contribution in [1.82, 2.24) is 10.2 Å². The summed E-state index contributed by atoms with van der Waals surface area (Å²) in [5.41, 5.74) is 1.05. The molecule has 124 valence electrons. The Balaban J connectivity index is 2.65. The maximum atomic E-state index is 12.7. The Labute approximate surface area is 136 Å². The normalized spacial score (nSPS) is 14.1. The predicted molar refractivity (Wildman–Crippen MR) is 93.8 cm³/mol. The smallest absolute Gasteiger partial charge is 0.242 e. The Hall–Kier alpha value is -1.35. The summed E-state index contributed by atoms with van der Waals surface area (Å²) in [7, 11) is 2.00. The Kier molecular flexibility index (Phi) is 8.18. The molecule has 0 aromatic heterocycles. The van der Waals surface area contributed by atoms with Gasteiger partial charge in [-0.1, -0.05) is 63.9 Å². The number of amides is 1. The molecule has 0 aliphatic heterocycles. The van der Waals surface area contributed by atoms with Gasteiger partial charge in [-0.15, -0.1) is 0 Å². The zero-order valence-corrected chi connectivity index (χ0v) is 14.8. The number of rotatable bonds is 9. The van der Waals surface area contributed by atoms with Crippen LogP contribution in [0.1, 0.15) is 58.6 Å². The molecule has 0 aliphatic rings. The van der Waals surface area contributed by atoms with Crippen LogP contribution in [-0.2, 0) is 4.79 Å². The minimum Gasteiger partial charge on any atom is -0.352 e. The van der Waals surface area contributed by atoms with Gasteiger partial charge in [-0.25, -0.2) is 0 Å². The van der Waals surface area contributed by atoms with E-state index in [-0.39, 0.29) is 18.0 Å². The van der Waals surface area contributed by atoms with Crippen LogP contribution in [0.25, 0.3) is 0 Å². The molecule has 0 radical (unpaired) electrons. The van der Waals surface area contributed by atoms with Crippen LogP contribution in [0.4, 0.5) is 0 Å². The van der Waals surface area contributed by atoms with E-state index in [1.165, 1.54) is 12.8 Å². The van der Waals surface area contributed by atoms with Crippen molar-refractivity contribution in [1.29, 1.82) is 0 Å². The minimum absolute atomic E-state index is 0.104. The number of nitrogens with zero attached hydrogens (tertiary/aromatic N) is 1. The predicted octanol–water partition coefficient (Wildman–Crippen LogP) is 4.01. The number of hydrogen-bond acceptors (Lipinski definition) is 2. The van der Waals surface area contributed by atoms with Crippen LogP contribution < -0.4 is 5.32 Å². The fourth-order valence-electron chi connectivity index (χ4n) is 2.65. The van der Waals surface area contributed by atoms with Gasteiger partial charge in [0, 0.05) is 6.04 Å². The first-order valence-electron chi connectivity index (χ1n) is 8.51. The highest BCUT2D eigenvalue weighted by Gasteiger charge is 2.24. The van der Waals surface area contributed by atoms with Gasteiger partial charge in [-0.05, 0) is 38.4 Å². The van der Waals surface area contributed by atoms with Gasteiger partial charge in [0.05, 0.1) is 0 Å². The van der Waals surface area contributed by atoms with Crippen LogP contribution in [-0.4, -0.2) is 30.4 Å². The molecule has 0 aliphatic carbocycles.